The Morgan fingerprint density at radius 1 is 1.18 bits per heavy atom. The number of aliphatic hydroxyl groups is 1. The lowest BCUT2D eigenvalue weighted by Crippen LogP contribution is -2.42. The topological polar surface area (TPSA) is 20.2 Å². The Morgan fingerprint density at radius 2 is 2.05 bits per heavy atom. The zero-order valence-electron chi connectivity index (χ0n) is 14.1. The molecule has 120 valence electrons. The highest BCUT2D eigenvalue weighted by molar-refractivity contribution is 5.37. The van der Waals surface area contributed by atoms with Gasteiger partial charge in [-0.3, -0.25) is 0 Å². The Hall–Kier alpha value is -0.820. The quantitative estimate of drug-likeness (QED) is 0.827. The molecule has 5 atom stereocenters. The molecule has 0 spiro atoms. The molecular weight excluding hydrogens is 268 g/mol. The van der Waals surface area contributed by atoms with Gasteiger partial charge in [-0.1, -0.05) is 30.7 Å². The summed E-state index contributed by atoms with van der Waals surface area (Å²) in [4.78, 5) is 0. The lowest BCUT2D eigenvalue weighted by Gasteiger charge is -2.51. The Kier molecular flexibility index (Phi) is 3.60. The number of fused-ring (bicyclic) bond motifs is 5. The molecule has 0 aromatic heterocycles. The summed E-state index contributed by atoms with van der Waals surface area (Å²) in [7, 11) is 0. The van der Waals surface area contributed by atoms with Gasteiger partial charge in [0, 0.05) is 6.61 Å². The predicted molar refractivity (Wildman–Crippen MR) is 91.0 cm³/mol. The zero-order chi connectivity index (χ0) is 15.3. The Labute approximate surface area is 135 Å². The average molecular weight is 298 g/mol. The fourth-order valence-electron chi connectivity index (χ4n) is 6.45. The summed E-state index contributed by atoms with van der Waals surface area (Å²) in [6.45, 7) is 5.15. The van der Waals surface area contributed by atoms with Crippen molar-refractivity contribution in [2.75, 3.05) is 6.61 Å². The van der Waals surface area contributed by atoms with Crippen LogP contribution in [0.5, 0.6) is 0 Å². The molecule has 0 radical (unpaired) electrons. The van der Waals surface area contributed by atoms with Crippen LogP contribution in [-0.4, -0.2) is 11.7 Å². The molecule has 0 aliphatic heterocycles. The first-order valence-electron chi connectivity index (χ1n) is 9.34. The first kappa shape index (κ1) is 14.8. The van der Waals surface area contributed by atoms with Gasteiger partial charge in [0.05, 0.1) is 0 Å². The van der Waals surface area contributed by atoms with Crippen molar-refractivity contribution in [3.05, 3.63) is 34.9 Å². The third-order valence-corrected chi connectivity index (χ3v) is 7.56. The third-order valence-electron chi connectivity index (χ3n) is 7.56. The lowest BCUT2D eigenvalue weighted by atomic mass is 9.54. The van der Waals surface area contributed by atoms with Gasteiger partial charge < -0.3 is 5.11 Å². The van der Waals surface area contributed by atoms with E-state index >= 15 is 0 Å². The van der Waals surface area contributed by atoms with E-state index in [0.717, 1.165) is 30.1 Å². The minimum Gasteiger partial charge on any atom is -0.396 e. The van der Waals surface area contributed by atoms with E-state index in [2.05, 4.69) is 32.0 Å². The molecule has 0 saturated heterocycles. The van der Waals surface area contributed by atoms with Gasteiger partial charge in [0.1, 0.15) is 0 Å². The van der Waals surface area contributed by atoms with Crippen LogP contribution in [0.2, 0.25) is 0 Å². The van der Waals surface area contributed by atoms with Crippen LogP contribution >= 0.6 is 0 Å². The predicted octanol–water partition coefficient (Wildman–Crippen LogP) is 4.85. The van der Waals surface area contributed by atoms with E-state index in [1.165, 1.54) is 44.1 Å². The SMILES string of the molecule is Cc1ccc2c(c1)CCC1C2CCC2(C)C1CC[C@@H]2CCO. The second kappa shape index (κ2) is 5.37. The van der Waals surface area contributed by atoms with Crippen molar-refractivity contribution in [3.63, 3.8) is 0 Å². The van der Waals surface area contributed by atoms with Gasteiger partial charge in [0.15, 0.2) is 0 Å². The van der Waals surface area contributed by atoms with Crippen molar-refractivity contribution in [2.45, 2.75) is 64.7 Å². The molecule has 0 heterocycles. The molecular formula is C21H30O. The van der Waals surface area contributed by atoms with Crippen LogP contribution < -0.4 is 0 Å². The highest BCUT2D eigenvalue weighted by atomic mass is 16.3. The number of hydrogen-bond acceptors (Lipinski definition) is 1. The molecule has 1 aromatic carbocycles. The smallest absolute Gasteiger partial charge is 0.0433 e. The van der Waals surface area contributed by atoms with Gasteiger partial charge in [0.2, 0.25) is 0 Å². The molecule has 2 saturated carbocycles. The van der Waals surface area contributed by atoms with Crippen molar-refractivity contribution >= 4 is 0 Å². The largest absolute Gasteiger partial charge is 0.396 e. The van der Waals surface area contributed by atoms with Crippen LogP contribution in [0.1, 0.15) is 68.1 Å². The fraction of sp³-hybridized carbons (Fsp3) is 0.714. The van der Waals surface area contributed by atoms with Gasteiger partial charge >= 0.3 is 0 Å². The Morgan fingerprint density at radius 3 is 2.86 bits per heavy atom. The van der Waals surface area contributed by atoms with Gasteiger partial charge in [-0.2, -0.15) is 0 Å². The molecule has 4 rings (SSSR count). The van der Waals surface area contributed by atoms with E-state index in [0.29, 0.717) is 12.0 Å². The molecule has 1 N–H and O–H groups in total. The first-order valence-corrected chi connectivity index (χ1v) is 9.34. The Balaban J connectivity index is 1.64. The first-order chi connectivity index (χ1) is 10.6. The van der Waals surface area contributed by atoms with Gasteiger partial charge in [-0.25, -0.2) is 0 Å². The molecule has 4 unspecified atom stereocenters. The second-order valence-corrected chi connectivity index (χ2v) is 8.45. The normalized spacial score (nSPS) is 40.0. The number of aliphatic hydroxyl groups excluding tert-OH is 1. The maximum atomic E-state index is 9.42. The molecule has 22 heavy (non-hydrogen) atoms. The average Bonchev–Trinajstić information content (AvgIpc) is 2.84. The van der Waals surface area contributed by atoms with Crippen molar-refractivity contribution in [2.24, 2.45) is 23.2 Å². The van der Waals surface area contributed by atoms with Crippen LogP contribution in [0.25, 0.3) is 0 Å². The molecule has 0 amide bonds. The Bertz CT molecular complexity index is 563. The molecule has 1 aromatic rings. The van der Waals surface area contributed by atoms with E-state index in [9.17, 15) is 5.11 Å². The minimum atomic E-state index is 0.378. The molecule has 3 aliphatic carbocycles. The summed E-state index contributed by atoms with van der Waals surface area (Å²) >= 11 is 0. The van der Waals surface area contributed by atoms with Crippen LogP contribution in [0.15, 0.2) is 18.2 Å². The number of rotatable bonds is 2. The molecule has 1 heteroatoms. The highest BCUT2D eigenvalue weighted by Crippen LogP contribution is 2.63. The number of hydrogen-bond donors (Lipinski definition) is 1. The maximum Gasteiger partial charge on any atom is 0.0433 e. The van der Waals surface area contributed by atoms with E-state index in [4.69, 9.17) is 0 Å². The standard InChI is InChI=1S/C21H30O/c1-14-3-6-17-15(13-14)4-7-19-18(17)9-11-21(2)16(10-12-22)5-8-20(19)21/h3,6,13,16,18-20,22H,4-5,7-12H2,1-2H3/t16-,18?,19?,20?,21?/m1/s1. The number of aryl methyl sites for hydroxylation is 2. The van der Waals surface area contributed by atoms with Gasteiger partial charge in [0.25, 0.3) is 0 Å². The summed E-state index contributed by atoms with van der Waals surface area (Å²) in [6, 6.07) is 7.19. The summed E-state index contributed by atoms with van der Waals surface area (Å²) in [5, 5.41) is 9.42. The van der Waals surface area contributed by atoms with Crippen molar-refractivity contribution in [1.29, 1.82) is 0 Å². The van der Waals surface area contributed by atoms with Crippen molar-refractivity contribution in [1.82, 2.24) is 0 Å². The van der Waals surface area contributed by atoms with Crippen LogP contribution in [-0.2, 0) is 6.42 Å². The summed E-state index contributed by atoms with van der Waals surface area (Å²) < 4.78 is 0. The van der Waals surface area contributed by atoms with Crippen LogP contribution in [0.4, 0.5) is 0 Å². The van der Waals surface area contributed by atoms with Crippen molar-refractivity contribution < 1.29 is 5.11 Å². The third kappa shape index (κ3) is 2.08. The van der Waals surface area contributed by atoms with Crippen LogP contribution in [0, 0.1) is 30.1 Å². The molecule has 3 aliphatic rings. The van der Waals surface area contributed by atoms with E-state index in [1.54, 1.807) is 11.1 Å². The summed E-state index contributed by atoms with van der Waals surface area (Å²) in [5.74, 6) is 3.38. The monoisotopic (exact) mass is 298 g/mol. The van der Waals surface area contributed by atoms with E-state index < -0.39 is 0 Å². The van der Waals surface area contributed by atoms with Gasteiger partial charge in [-0.05, 0) is 92.1 Å². The second-order valence-electron chi connectivity index (χ2n) is 8.45. The molecule has 1 nitrogen and oxygen atoms in total. The zero-order valence-corrected chi connectivity index (χ0v) is 14.1. The summed E-state index contributed by atoms with van der Waals surface area (Å²) in [5.41, 5.74) is 5.23. The summed E-state index contributed by atoms with van der Waals surface area (Å²) in [6.07, 6.45) is 9.21. The highest BCUT2D eigenvalue weighted by Gasteiger charge is 2.54. The maximum absolute atomic E-state index is 9.42. The molecule has 0 bridgehead atoms. The van der Waals surface area contributed by atoms with E-state index in [1.807, 2.05) is 0 Å². The van der Waals surface area contributed by atoms with Crippen LogP contribution in [0.3, 0.4) is 0 Å². The fourth-order valence-corrected chi connectivity index (χ4v) is 6.45. The lowest BCUT2D eigenvalue weighted by molar-refractivity contribution is 0.0209. The van der Waals surface area contributed by atoms with Gasteiger partial charge in [-0.15, -0.1) is 0 Å². The molecule has 2 fully saturated rings. The number of benzene rings is 1. The van der Waals surface area contributed by atoms with Crippen molar-refractivity contribution in [3.8, 4) is 0 Å². The minimum absolute atomic E-state index is 0.378. The van der Waals surface area contributed by atoms with E-state index in [-0.39, 0.29) is 0 Å².